The molecule has 0 bridgehead atoms. The number of carbonyl (C=O) groups excluding carboxylic acids is 7. The first kappa shape index (κ1) is 37.9. The Labute approximate surface area is 270 Å². The molecule has 13 heteroatoms. The van der Waals surface area contributed by atoms with Crippen LogP contribution in [-0.4, -0.2) is 65.4 Å². The molecule has 1 aliphatic heterocycles. The first-order valence-electron chi connectivity index (χ1n) is 15.6. The number of primary amides is 1. The lowest BCUT2D eigenvalue weighted by atomic mass is 9.80. The van der Waals surface area contributed by atoms with E-state index in [1.807, 2.05) is 20.8 Å². The van der Waals surface area contributed by atoms with Crippen LogP contribution in [0.1, 0.15) is 86.1 Å². The van der Waals surface area contributed by atoms with Gasteiger partial charge in [0.15, 0.2) is 5.78 Å². The minimum atomic E-state index is -0.922. The number of ether oxygens (including phenoxy) is 1. The average molecular weight is 644 g/mol. The SMILES string of the molecule is C[C@H](NC(=O)CCN1C(=O)CC(C(C)(C)C)C1=O)C(=O)C[C@@H](CCCNC(N)=O)C(=O)Nc1ccc(COC(=O)C(C)(C)C)cc1. The number of urea groups is 1. The molecule has 1 heterocycles. The summed E-state index contributed by atoms with van der Waals surface area (Å²) in [5.41, 5.74) is 5.33. The van der Waals surface area contributed by atoms with Crippen molar-refractivity contribution in [1.29, 1.82) is 0 Å². The van der Waals surface area contributed by atoms with E-state index in [4.69, 9.17) is 10.5 Å². The van der Waals surface area contributed by atoms with Crippen LogP contribution in [0.2, 0.25) is 0 Å². The summed E-state index contributed by atoms with van der Waals surface area (Å²) in [4.78, 5) is 88.2. The smallest absolute Gasteiger partial charge is 0.312 e. The van der Waals surface area contributed by atoms with Crippen LogP contribution < -0.4 is 21.7 Å². The van der Waals surface area contributed by atoms with E-state index >= 15 is 0 Å². The fourth-order valence-corrected chi connectivity index (χ4v) is 4.80. The van der Waals surface area contributed by atoms with Crippen molar-refractivity contribution < 1.29 is 38.3 Å². The van der Waals surface area contributed by atoms with Crippen LogP contribution in [0.4, 0.5) is 10.5 Å². The minimum absolute atomic E-state index is 0.0767. The predicted octanol–water partition coefficient (Wildman–Crippen LogP) is 3.05. The van der Waals surface area contributed by atoms with E-state index in [0.29, 0.717) is 12.1 Å². The molecule has 0 aliphatic carbocycles. The van der Waals surface area contributed by atoms with Crippen LogP contribution in [0, 0.1) is 22.7 Å². The third-order valence-electron chi connectivity index (χ3n) is 7.76. The van der Waals surface area contributed by atoms with Gasteiger partial charge in [0.2, 0.25) is 23.6 Å². The summed E-state index contributed by atoms with van der Waals surface area (Å²) in [7, 11) is 0. The van der Waals surface area contributed by atoms with E-state index in [-0.39, 0.29) is 74.4 Å². The lowest BCUT2D eigenvalue weighted by molar-refractivity contribution is -0.154. The summed E-state index contributed by atoms with van der Waals surface area (Å²) < 4.78 is 5.32. The molecule has 254 valence electrons. The van der Waals surface area contributed by atoms with Gasteiger partial charge in [0.25, 0.3) is 0 Å². The molecule has 1 aliphatic rings. The summed E-state index contributed by atoms with van der Waals surface area (Å²) in [6, 6.07) is 5.13. The highest BCUT2D eigenvalue weighted by atomic mass is 16.5. The van der Waals surface area contributed by atoms with Crippen molar-refractivity contribution in [2.75, 3.05) is 18.4 Å². The maximum absolute atomic E-state index is 13.2. The number of imide groups is 1. The van der Waals surface area contributed by atoms with Crippen molar-refractivity contribution in [3.05, 3.63) is 29.8 Å². The zero-order chi connectivity index (χ0) is 34.8. The lowest BCUT2D eigenvalue weighted by Crippen LogP contribution is -2.42. The first-order chi connectivity index (χ1) is 21.3. The van der Waals surface area contributed by atoms with Gasteiger partial charge in [0.05, 0.1) is 17.4 Å². The number of ketones is 1. The summed E-state index contributed by atoms with van der Waals surface area (Å²) in [6.07, 6.45) is 0.406. The van der Waals surface area contributed by atoms with Gasteiger partial charge in [-0.05, 0) is 63.6 Å². The molecule has 6 amide bonds. The largest absolute Gasteiger partial charge is 0.460 e. The molecule has 1 unspecified atom stereocenters. The summed E-state index contributed by atoms with van der Waals surface area (Å²) in [5.74, 6) is -3.47. The molecule has 46 heavy (non-hydrogen) atoms. The molecular formula is C33H49N5O8. The van der Waals surface area contributed by atoms with Gasteiger partial charge in [0, 0.05) is 44.0 Å². The molecular weight excluding hydrogens is 594 g/mol. The van der Waals surface area contributed by atoms with Gasteiger partial charge in [-0.25, -0.2) is 4.79 Å². The third kappa shape index (κ3) is 11.9. The molecule has 0 spiro atoms. The zero-order valence-corrected chi connectivity index (χ0v) is 28.0. The van der Waals surface area contributed by atoms with Crippen molar-refractivity contribution in [3.8, 4) is 0 Å². The van der Waals surface area contributed by atoms with E-state index in [9.17, 15) is 33.6 Å². The second-order valence-electron chi connectivity index (χ2n) is 13.9. The molecule has 1 saturated heterocycles. The number of nitrogens with zero attached hydrogens (tertiary/aromatic N) is 1. The topological polar surface area (TPSA) is 194 Å². The fraction of sp³-hybridized carbons (Fsp3) is 0.606. The number of amides is 6. The van der Waals surface area contributed by atoms with Crippen LogP contribution in [-0.2, 0) is 40.1 Å². The molecule has 1 aromatic carbocycles. The minimum Gasteiger partial charge on any atom is -0.460 e. The van der Waals surface area contributed by atoms with Crippen LogP contribution in [0.5, 0.6) is 0 Å². The number of carbonyl (C=O) groups is 7. The monoisotopic (exact) mass is 643 g/mol. The zero-order valence-electron chi connectivity index (χ0n) is 28.0. The predicted molar refractivity (Wildman–Crippen MR) is 171 cm³/mol. The molecule has 1 aromatic rings. The van der Waals surface area contributed by atoms with Crippen molar-refractivity contribution in [1.82, 2.24) is 15.5 Å². The third-order valence-corrected chi connectivity index (χ3v) is 7.76. The molecule has 0 saturated carbocycles. The van der Waals surface area contributed by atoms with Crippen LogP contribution in [0.15, 0.2) is 24.3 Å². The van der Waals surface area contributed by atoms with Crippen molar-refractivity contribution >= 4 is 47.1 Å². The number of anilines is 1. The Hall–Kier alpha value is -4.29. The van der Waals surface area contributed by atoms with Crippen molar-refractivity contribution in [3.63, 3.8) is 0 Å². The Morgan fingerprint density at radius 3 is 2.20 bits per heavy atom. The van der Waals surface area contributed by atoms with E-state index in [0.717, 1.165) is 10.5 Å². The van der Waals surface area contributed by atoms with Gasteiger partial charge >= 0.3 is 12.0 Å². The van der Waals surface area contributed by atoms with E-state index in [1.165, 1.54) is 6.92 Å². The molecule has 2 rings (SSSR count). The Morgan fingerprint density at radius 1 is 1.02 bits per heavy atom. The number of nitrogens with two attached hydrogens (primary N) is 1. The van der Waals surface area contributed by atoms with Crippen LogP contribution in [0.3, 0.4) is 0 Å². The molecule has 0 radical (unpaired) electrons. The van der Waals surface area contributed by atoms with Gasteiger partial charge in [-0.15, -0.1) is 0 Å². The molecule has 5 N–H and O–H groups in total. The van der Waals surface area contributed by atoms with E-state index < -0.39 is 41.1 Å². The fourth-order valence-electron chi connectivity index (χ4n) is 4.80. The maximum Gasteiger partial charge on any atom is 0.312 e. The number of hydrogen-bond donors (Lipinski definition) is 4. The van der Waals surface area contributed by atoms with Gasteiger partial charge in [-0.1, -0.05) is 32.9 Å². The summed E-state index contributed by atoms with van der Waals surface area (Å²) >= 11 is 0. The van der Waals surface area contributed by atoms with Gasteiger partial charge in [0.1, 0.15) is 6.61 Å². The molecule has 0 aromatic heterocycles. The van der Waals surface area contributed by atoms with Crippen molar-refractivity contribution in [2.24, 2.45) is 28.4 Å². The van der Waals surface area contributed by atoms with E-state index in [1.54, 1.807) is 45.0 Å². The Bertz CT molecular complexity index is 1300. The normalized spacial score (nSPS) is 16.4. The van der Waals surface area contributed by atoms with Crippen LogP contribution in [0.25, 0.3) is 0 Å². The van der Waals surface area contributed by atoms with E-state index in [2.05, 4.69) is 16.0 Å². The number of rotatable bonds is 15. The second kappa shape index (κ2) is 16.3. The number of Topliss-reactive ketones (excluding diaryl/α,β-unsaturated/α-hetero) is 1. The number of nitrogens with one attached hydrogen (secondary N) is 3. The molecule has 13 nitrogen and oxygen atoms in total. The number of esters is 1. The van der Waals surface area contributed by atoms with Gasteiger partial charge in [-0.2, -0.15) is 0 Å². The lowest BCUT2D eigenvalue weighted by Gasteiger charge is -2.24. The maximum atomic E-state index is 13.2. The highest BCUT2D eigenvalue weighted by Gasteiger charge is 2.44. The molecule has 3 atom stereocenters. The molecule has 1 fully saturated rings. The summed E-state index contributed by atoms with van der Waals surface area (Å²) in [6.45, 7) is 12.7. The Kier molecular flexibility index (Phi) is 13.4. The number of likely N-dealkylation sites (tertiary alicyclic amines) is 1. The quantitative estimate of drug-likeness (QED) is 0.127. The Morgan fingerprint density at radius 2 is 1.65 bits per heavy atom. The van der Waals surface area contributed by atoms with Gasteiger partial charge in [-0.3, -0.25) is 33.7 Å². The van der Waals surface area contributed by atoms with Crippen molar-refractivity contribution in [2.45, 2.75) is 93.2 Å². The first-order valence-corrected chi connectivity index (χ1v) is 15.6. The standard InChI is InChI=1S/C33H49N5O8/c1-20(36-26(40)14-16-38-27(41)18-24(29(38)43)32(2,3)4)25(39)17-22(9-8-15-35-31(34)45)28(42)37-23-12-10-21(11-13-23)19-46-30(44)33(5,6)7/h10-13,20,22,24H,8-9,14-19H2,1-7H3,(H,36,40)(H,37,42)(H3,34,35,45)/t20-,22+,24?/m0/s1. The highest BCUT2D eigenvalue weighted by molar-refractivity contribution is 6.04. The van der Waals surface area contributed by atoms with Gasteiger partial charge < -0.3 is 26.4 Å². The number of hydrogen-bond acceptors (Lipinski definition) is 8. The second-order valence-corrected chi connectivity index (χ2v) is 13.9. The number of benzene rings is 1. The Balaban J connectivity index is 1.97. The van der Waals surface area contributed by atoms with Crippen LogP contribution >= 0.6 is 0 Å². The average Bonchev–Trinajstić information content (AvgIpc) is 3.25. The summed E-state index contributed by atoms with van der Waals surface area (Å²) in [5, 5.41) is 7.87. The highest BCUT2D eigenvalue weighted by Crippen LogP contribution is 2.35.